The maximum absolute atomic E-state index is 13.1. The van der Waals surface area contributed by atoms with Crippen molar-refractivity contribution in [2.45, 2.75) is 31.9 Å². The van der Waals surface area contributed by atoms with E-state index >= 15 is 0 Å². The summed E-state index contributed by atoms with van der Waals surface area (Å²) >= 11 is 1.02. The average molecular weight is 590 g/mol. The summed E-state index contributed by atoms with van der Waals surface area (Å²) < 4.78 is 5.44. The number of carbonyl (C=O) groups is 4. The minimum Gasteiger partial charge on any atom is -0.503 e. The van der Waals surface area contributed by atoms with E-state index in [1.165, 1.54) is 19.2 Å². The molecule has 0 aromatic carbocycles. The third-order valence-electron chi connectivity index (χ3n) is 5.95. The molecule has 2 amide bonds. The predicted octanol–water partition coefficient (Wildman–Crippen LogP) is -0.427. The molecule has 0 saturated carbocycles. The van der Waals surface area contributed by atoms with Gasteiger partial charge in [0, 0.05) is 30.5 Å². The number of Topliss-reactive ketones (excluding diaryl/α,β-unsaturated/α-hetero) is 1. The molecular weight excluding hydrogens is 566 g/mol. The van der Waals surface area contributed by atoms with Gasteiger partial charge in [0.05, 0.1) is 18.2 Å². The van der Waals surface area contributed by atoms with Gasteiger partial charge in [-0.2, -0.15) is 4.73 Å². The van der Waals surface area contributed by atoms with Crippen molar-refractivity contribution in [3.05, 3.63) is 45.3 Å². The molecule has 1 aliphatic rings. The third-order valence-corrected chi connectivity index (χ3v) is 6.63. The van der Waals surface area contributed by atoms with E-state index in [4.69, 9.17) is 15.1 Å². The number of aromatic nitrogens is 3. The summed E-state index contributed by atoms with van der Waals surface area (Å²) in [6.45, 7) is 2.37. The Morgan fingerprint density at radius 2 is 2.02 bits per heavy atom. The number of β-lactam (4-membered cyclic amide) rings is 1. The van der Waals surface area contributed by atoms with Crippen LogP contribution in [0.15, 0.2) is 38.2 Å². The number of nitrogen functional groups attached to an aromatic ring is 1. The number of amides is 2. The number of aromatic hydroxyl groups is 1. The number of hydrogen-bond donors (Lipinski definition) is 6. The van der Waals surface area contributed by atoms with Crippen molar-refractivity contribution < 1.29 is 44.0 Å². The highest BCUT2D eigenvalue weighted by Gasteiger charge is 2.42. The van der Waals surface area contributed by atoms with Crippen molar-refractivity contribution >= 4 is 45.7 Å². The van der Waals surface area contributed by atoms with E-state index in [0.29, 0.717) is 4.73 Å². The Hall–Kier alpha value is -5.26. The van der Waals surface area contributed by atoms with Crippen LogP contribution in [0.1, 0.15) is 36.5 Å². The van der Waals surface area contributed by atoms with Gasteiger partial charge in [0.15, 0.2) is 33.8 Å². The van der Waals surface area contributed by atoms with Gasteiger partial charge < -0.3 is 41.1 Å². The van der Waals surface area contributed by atoms with E-state index in [1.807, 2.05) is 0 Å². The zero-order valence-electron chi connectivity index (χ0n) is 21.4. The highest BCUT2D eigenvalue weighted by molar-refractivity contribution is 7.13. The van der Waals surface area contributed by atoms with Crippen LogP contribution < -0.4 is 21.8 Å². The predicted molar refractivity (Wildman–Crippen MR) is 138 cm³/mol. The fourth-order valence-electron chi connectivity index (χ4n) is 3.53. The highest BCUT2D eigenvalue weighted by Crippen LogP contribution is 2.23. The van der Waals surface area contributed by atoms with Crippen molar-refractivity contribution in [1.82, 2.24) is 25.5 Å². The van der Waals surface area contributed by atoms with Crippen LogP contribution in [0.4, 0.5) is 5.13 Å². The second-order valence-corrected chi connectivity index (χ2v) is 10.2. The molecule has 0 bridgehead atoms. The minimum atomic E-state index is -1.76. The molecule has 0 unspecified atom stereocenters. The third kappa shape index (κ3) is 6.16. The monoisotopic (exact) mass is 589 g/mol. The molecule has 7 N–H and O–H groups in total. The number of thiazole rings is 1. The molecular formula is C23H23N7O10S. The first-order chi connectivity index (χ1) is 19.3. The summed E-state index contributed by atoms with van der Waals surface area (Å²) in [6.07, 6.45) is 0.391. The van der Waals surface area contributed by atoms with Gasteiger partial charge in [0.25, 0.3) is 5.91 Å². The van der Waals surface area contributed by atoms with Gasteiger partial charge in [-0.25, -0.2) is 9.78 Å². The maximum Gasteiger partial charge on any atom is 0.350 e. The van der Waals surface area contributed by atoms with Crippen LogP contribution in [0, 0.1) is 5.92 Å². The van der Waals surface area contributed by atoms with Crippen LogP contribution in [0.3, 0.4) is 0 Å². The fourth-order valence-corrected chi connectivity index (χ4v) is 4.08. The van der Waals surface area contributed by atoms with Gasteiger partial charge >= 0.3 is 5.97 Å². The lowest BCUT2D eigenvalue weighted by Crippen LogP contribution is -2.62. The molecule has 0 aliphatic carbocycles. The van der Waals surface area contributed by atoms with Crippen LogP contribution in [-0.2, 0) is 19.2 Å². The van der Waals surface area contributed by atoms with E-state index in [1.54, 1.807) is 0 Å². The number of carboxylic acid groups (broad SMARTS) is 1. The molecule has 1 fully saturated rings. The number of hydrogen-bond acceptors (Lipinski definition) is 14. The van der Waals surface area contributed by atoms with Crippen LogP contribution in [0.2, 0.25) is 0 Å². The number of oxime groups is 1. The molecule has 3 aromatic heterocycles. The molecule has 0 radical (unpaired) electrons. The minimum absolute atomic E-state index is 0.0482. The number of pyridine rings is 1. The molecule has 18 heteroatoms. The zero-order valence-corrected chi connectivity index (χ0v) is 22.2. The highest BCUT2D eigenvalue weighted by atomic mass is 32.1. The van der Waals surface area contributed by atoms with Crippen LogP contribution >= 0.6 is 11.3 Å². The second-order valence-electron chi connectivity index (χ2n) is 9.31. The Bertz CT molecular complexity index is 1620. The molecule has 1 aliphatic heterocycles. The molecule has 3 aromatic rings. The molecule has 17 nitrogen and oxygen atoms in total. The second kappa shape index (κ2) is 11.1. The largest absolute Gasteiger partial charge is 0.503 e. The number of aliphatic carboxylic acids is 1. The van der Waals surface area contributed by atoms with E-state index < -0.39 is 52.3 Å². The van der Waals surface area contributed by atoms with E-state index in [0.717, 1.165) is 29.7 Å². The topological polar surface area (TPSA) is 262 Å². The van der Waals surface area contributed by atoms with E-state index in [9.17, 15) is 39.4 Å². The summed E-state index contributed by atoms with van der Waals surface area (Å²) in [5.41, 5.74) is 2.45. The van der Waals surface area contributed by atoms with Crippen LogP contribution in [-0.4, -0.2) is 77.8 Å². The Morgan fingerprint density at radius 3 is 2.66 bits per heavy atom. The molecule has 2 atom stereocenters. The standard InChI is InChI=1S/C23H23N7O10S/c1-23(2,21(36)37)40-29-18(12-8-41-22(24)27-12)15(32)3-9-11(26-19(9)34)6-25-20(35)10-4-17(39-28-10)13-5-14(31)16(33)7-30(13)38/h4-5,7-9,11,33,38H,3,6H2,1-2H3,(H2,24,27)(H,25,35)(H,26,34)(H,36,37)/b29-18-/t9-,11+/m0/s1. The number of carbonyl (C=O) groups excluding carboxylic acids is 3. The quantitative estimate of drug-likeness (QED) is 0.0719. The number of nitrogens with two attached hydrogens (primary N) is 1. The van der Waals surface area contributed by atoms with Gasteiger partial charge in [0.2, 0.25) is 16.9 Å². The Balaban J connectivity index is 1.41. The average Bonchev–Trinajstić information content (AvgIpc) is 3.56. The number of carboxylic acids is 1. The molecule has 4 heterocycles. The van der Waals surface area contributed by atoms with E-state index in [-0.39, 0.29) is 46.7 Å². The number of ketones is 1. The number of nitrogens with one attached hydrogen (secondary N) is 2. The lowest BCUT2D eigenvalue weighted by Gasteiger charge is -2.36. The summed E-state index contributed by atoms with van der Waals surface area (Å²) in [7, 11) is 0. The van der Waals surface area contributed by atoms with Gasteiger partial charge in [-0.1, -0.05) is 10.3 Å². The molecule has 0 spiro atoms. The fraction of sp³-hybridized carbons (Fsp3) is 0.304. The Labute approximate surface area is 233 Å². The number of rotatable bonds is 11. The molecule has 1 saturated heterocycles. The normalized spacial score (nSPS) is 16.9. The summed E-state index contributed by atoms with van der Waals surface area (Å²) in [4.78, 5) is 70.1. The summed E-state index contributed by atoms with van der Waals surface area (Å²) in [5.74, 6) is -4.89. The van der Waals surface area contributed by atoms with Crippen molar-refractivity contribution in [1.29, 1.82) is 0 Å². The molecule has 4 rings (SSSR count). The smallest absolute Gasteiger partial charge is 0.350 e. The number of nitrogens with zero attached hydrogens (tertiary/aromatic N) is 4. The van der Waals surface area contributed by atoms with Crippen LogP contribution in [0.25, 0.3) is 11.5 Å². The van der Waals surface area contributed by atoms with Crippen molar-refractivity contribution in [3.63, 3.8) is 0 Å². The van der Waals surface area contributed by atoms with Crippen molar-refractivity contribution in [2.24, 2.45) is 11.1 Å². The first-order valence-electron chi connectivity index (χ1n) is 11.7. The first kappa shape index (κ1) is 28.7. The first-order valence-corrected chi connectivity index (χ1v) is 12.6. The molecule has 216 valence electrons. The Kier molecular flexibility index (Phi) is 7.77. The van der Waals surface area contributed by atoms with Gasteiger partial charge in [-0.15, -0.1) is 11.3 Å². The van der Waals surface area contributed by atoms with Crippen molar-refractivity contribution in [3.8, 4) is 17.2 Å². The van der Waals surface area contributed by atoms with E-state index in [2.05, 4.69) is 25.9 Å². The maximum atomic E-state index is 13.1. The van der Waals surface area contributed by atoms with Gasteiger partial charge in [-0.05, 0) is 13.8 Å². The SMILES string of the molecule is CC(C)(O/N=C(\C(=O)C[C@@H]1C(=O)N[C@@H]1CNC(=O)c1cc(-c2cc(=O)c(O)cn2O)on1)c1csc(N)n1)C(=O)O. The van der Waals surface area contributed by atoms with Crippen LogP contribution in [0.5, 0.6) is 5.75 Å². The molecule has 41 heavy (non-hydrogen) atoms. The van der Waals surface area contributed by atoms with Crippen molar-refractivity contribution in [2.75, 3.05) is 12.3 Å². The van der Waals surface area contributed by atoms with Gasteiger partial charge in [-0.3, -0.25) is 19.2 Å². The lowest BCUT2D eigenvalue weighted by molar-refractivity contribution is -0.161. The van der Waals surface area contributed by atoms with Gasteiger partial charge in [0.1, 0.15) is 11.4 Å². The lowest BCUT2D eigenvalue weighted by atomic mass is 9.84. The summed E-state index contributed by atoms with van der Waals surface area (Å²) in [5, 5.41) is 42.5. The number of anilines is 1. The zero-order chi connectivity index (χ0) is 30.1. The summed E-state index contributed by atoms with van der Waals surface area (Å²) in [6, 6.07) is 1.38. The Morgan fingerprint density at radius 1 is 1.29 bits per heavy atom.